The molecule has 1 N–H and O–H groups in total. The van der Waals surface area contributed by atoms with E-state index in [1.165, 1.54) is 22.3 Å². The molecule has 0 atom stereocenters. The molecule has 4 rings (SSSR count). The van der Waals surface area contributed by atoms with Gasteiger partial charge in [0.1, 0.15) is 18.1 Å². The van der Waals surface area contributed by atoms with Crippen LogP contribution < -0.4 is 14.8 Å². The van der Waals surface area contributed by atoms with Gasteiger partial charge in [-0.2, -0.15) is 0 Å². The highest BCUT2D eigenvalue weighted by Crippen LogP contribution is 2.44. The quantitative estimate of drug-likeness (QED) is 0.100. The molecule has 0 saturated heterocycles. The number of amides is 2. The molecule has 0 radical (unpaired) electrons. The fourth-order valence-corrected chi connectivity index (χ4v) is 5.93. The predicted molar refractivity (Wildman–Crippen MR) is 194 cm³/mol. The fraction of sp³-hybridized carbons (Fsp3) is 0.500. The van der Waals surface area contributed by atoms with Crippen LogP contribution >= 0.6 is 0 Å². The van der Waals surface area contributed by atoms with Gasteiger partial charge in [-0.3, -0.25) is 4.79 Å². The number of rotatable bonds is 24. The summed E-state index contributed by atoms with van der Waals surface area (Å²) in [5.41, 5.74) is 5.52. The lowest BCUT2D eigenvalue weighted by molar-refractivity contribution is -0.121. The van der Waals surface area contributed by atoms with Gasteiger partial charge in [-0.25, -0.2) is 4.79 Å². The molecule has 1 aliphatic carbocycles. The maximum Gasteiger partial charge on any atom is 0.410 e. The Kier molecular flexibility index (Phi) is 16.9. The molecule has 0 heterocycles. The Morgan fingerprint density at radius 2 is 1.40 bits per heavy atom. The van der Waals surface area contributed by atoms with E-state index in [4.69, 9.17) is 28.4 Å². The number of methoxy groups -OCH3 is 1. The van der Waals surface area contributed by atoms with Crippen LogP contribution in [0.2, 0.25) is 0 Å². The van der Waals surface area contributed by atoms with Gasteiger partial charge in [0, 0.05) is 50.3 Å². The molecule has 0 bridgehead atoms. The van der Waals surface area contributed by atoms with Crippen LogP contribution in [-0.4, -0.2) is 90.0 Å². The standard InChI is InChI=1S/C40H54N2O8/c1-4-6-21-46-24-26-48-27-25-47-22-12-20-42(29-31-18-19-32(28-38(31)45-3)49-23-11-17-39(43)41-5-2)40(44)50-30-37-35-15-9-7-13-33(35)34-14-8-10-16-36(34)37/h7-10,13-16,18-19,28,37H,4-6,11-12,17,20-27,29-30H2,1-3H3,(H,41,43). The lowest BCUT2D eigenvalue weighted by atomic mass is 9.98. The summed E-state index contributed by atoms with van der Waals surface area (Å²) in [6.07, 6.45) is 3.41. The van der Waals surface area contributed by atoms with E-state index in [2.05, 4.69) is 36.5 Å². The van der Waals surface area contributed by atoms with Crippen LogP contribution in [0.15, 0.2) is 66.7 Å². The Labute approximate surface area is 297 Å². The first-order valence-electron chi connectivity index (χ1n) is 17.9. The maximum atomic E-state index is 13.7. The summed E-state index contributed by atoms with van der Waals surface area (Å²) in [7, 11) is 1.60. The number of carbonyl (C=O) groups is 2. The van der Waals surface area contributed by atoms with Crippen LogP contribution in [0.4, 0.5) is 4.79 Å². The summed E-state index contributed by atoms with van der Waals surface area (Å²) >= 11 is 0. The molecule has 0 fully saturated rings. The Hall–Kier alpha value is -4.12. The summed E-state index contributed by atoms with van der Waals surface area (Å²) in [6, 6.07) is 22.2. The minimum Gasteiger partial charge on any atom is -0.496 e. The number of hydrogen-bond donors (Lipinski definition) is 1. The minimum absolute atomic E-state index is 0.0133. The molecule has 3 aromatic carbocycles. The van der Waals surface area contributed by atoms with E-state index in [9.17, 15) is 9.59 Å². The predicted octanol–water partition coefficient (Wildman–Crippen LogP) is 6.98. The largest absolute Gasteiger partial charge is 0.496 e. The van der Waals surface area contributed by atoms with E-state index >= 15 is 0 Å². The van der Waals surface area contributed by atoms with Crippen molar-refractivity contribution in [2.45, 2.75) is 58.4 Å². The third-order valence-electron chi connectivity index (χ3n) is 8.51. The normalized spacial score (nSPS) is 11.9. The van der Waals surface area contributed by atoms with E-state index in [0.717, 1.165) is 25.0 Å². The molecule has 10 heteroatoms. The molecular weight excluding hydrogens is 636 g/mol. The fourth-order valence-electron chi connectivity index (χ4n) is 5.93. The van der Waals surface area contributed by atoms with Crippen LogP contribution in [0.3, 0.4) is 0 Å². The summed E-state index contributed by atoms with van der Waals surface area (Å²) in [5, 5.41) is 2.79. The number of fused-ring (bicyclic) bond motifs is 3. The van der Waals surface area contributed by atoms with Crippen LogP contribution in [0.1, 0.15) is 68.6 Å². The molecule has 50 heavy (non-hydrogen) atoms. The Balaban J connectivity index is 1.34. The number of ether oxygens (including phenoxy) is 6. The number of unbranched alkanes of at least 4 members (excludes halogenated alkanes) is 1. The van der Waals surface area contributed by atoms with Gasteiger partial charge >= 0.3 is 6.09 Å². The van der Waals surface area contributed by atoms with Crippen LogP contribution in [0.5, 0.6) is 11.5 Å². The first-order chi connectivity index (χ1) is 24.5. The van der Waals surface area contributed by atoms with Crippen molar-refractivity contribution in [3.63, 3.8) is 0 Å². The van der Waals surface area contributed by atoms with Gasteiger partial charge in [-0.15, -0.1) is 0 Å². The van der Waals surface area contributed by atoms with E-state index in [0.29, 0.717) is 90.0 Å². The smallest absolute Gasteiger partial charge is 0.410 e. The molecule has 0 aromatic heterocycles. The first kappa shape index (κ1) is 38.7. The Morgan fingerprint density at radius 1 is 0.760 bits per heavy atom. The van der Waals surface area contributed by atoms with E-state index in [1.807, 2.05) is 49.4 Å². The second-order valence-electron chi connectivity index (χ2n) is 12.1. The van der Waals surface area contributed by atoms with Gasteiger partial charge in [0.15, 0.2) is 0 Å². The Morgan fingerprint density at radius 3 is 2.04 bits per heavy atom. The highest BCUT2D eigenvalue weighted by atomic mass is 16.6. The highest BCUT2D eigenvalue weighted by Gasteiger charge is 2.30. The van der Waals surface area contributed by atoms with Crippen molar-refractivity contribution < 1.29 is 38.0 Å². The highest BCUT2D eigenvalue weighted by molar-refractivity contribution is 5.79. The van der Waals surface area contributed by atoms with Gasteiger partial charge in [0.25, 0.3) is 0 Å². The molecular formula is C40H54N2O8. The zero-order valence-electron chi connectivity index (χ0n) is 30.0. The summed E-state index contributed by atoms with van der Waals surface area (Å²) in [5.74, 6) is 1.22. The second kappa shape index (κ2) is 21.9. The van der Waals surface area contributed by atoms with Crippen molar-refractivity contribution in [3.05, 3.63) is 83.4 Å². The van der Waals surface area contributed by atoms with Crippen molar-refractivity contribution in [1.82, 2.24) is 10.2 Å². The van der Waals surface area contributed by atoms with Gasteiger partial charge < -0.3 is 38.6 Å². The molecule has 0 saturated carbocycles. The average molecular weight is 691 g/mol. The van der Waals surface area contributed by atoms with Crippen molar-refractivity contribution in [3.8, 4) is 22.6 Å². The molecule has 0 spiro atoms. The van der Waals surface area contributed by atoms with Gasteiger partial charge in [0.2, 0.25) is 5.91 Å². The summed E-state index contributed by atoms with van der Waals surface area (Å²) < 4.78 is 34.6. The van der Waals surface area contributed by atoms with Crippen molar-refractivity contribution in [1.29, 1.82) is 0 Å². The SMILES string of the molecule is CCCCOCCOCCOCCCN(Cc1ccc(OCCCC(=O)NCC)cc1OC)C(=O)OCC1c2ccccc2-c2ccccc21. The zero-order valence-corrected chi connectivity index (χ0v) is 30.0. The molecule has 272 valence electrons. The second-order valence-corrected chi connectivity index (χ2v) is 12.1. The molecule has 10 nitrogen and oxygen atoms in total. The summed E-state index contributed by atoms with van der Waals surface area (Å²) in [6.45, 7) is 9.35. The van der Waals surface area contributed by atoms with Gasteiger partial charge in [-0.1, -0.05) is 61.9 Å². The van der Waals surface area contributed by atoms with E-state index in [-0.39, 0.29) is 18.4 Å². The van der Waals surface area contributed by atoms with E-state index in [1.54, 1.807) is 12.0 Å². The lowest BCUT2D eigenvalue weighted by Crippen LogP contribution is -2.33. The third-order valence-corrected chi connectivity index (χ3v) is 8.51. The van der Waals surface area contributed by atoms with E-state index < -0.39 is 6.09 Å². The number of nitrogens with zero attached hydrogens (tertiary/aromatic N) is 1. The topological polar surface area (TPSA) is 105 Å². The molecule has 3 aromatic rings. The lowest BCUT2D eigenvalue weighted by Gasteiger charge is -2.25. The van der Waals surface area contributed by atoms with Crippen LogP contribution in [0.25, 0.3) is 11.1 Å². The molecule has 0 aliphatic heterocycles. The molecule has 2 amide bonds. The van der Waals surface area contributed by atoms with Crippen molar-refractivity contribution >= 4 is 12.0 Å². The van der Waals surface area contributed by atoms with Gasteiger partial charge in [0.05, 0.1) is 46.7 Å². The van der Waals surface area contributed by atoms with Crippen LogP contribution in [-0.2, 0) is 30.3 Å². The van der Waals surface area contributed by atoms with Crippen LogP contribution in [0, 0.1) is 0 Å². The monoisotopic (exact) mass is 690 g/mol. The number of hydrogen-bond acceptors (Lipinski definition) is 8. The van der Waals surface area contributed by atoms with Crippen molar-refractivity contribution in [2.24, 2.45) is 0 Å². The minimum atomic E-state index is -0.397. The maximum absolute atomic E-state index is 13.7. The number of benzene rings is 3. The van der Waals surface area contributed by atoms with Crippen molar-refractivity contribution in [2.75, 3.05) is 73.1 Å². The Bertz CT molecular complexity index is 1420. The third kappa shape index (κ3) is 12.0. The number of carbonyl (C=O) groups excluding carboxylic acids is 2. The summed E-state index contributed by atoms with van der Waals surface area (Å²) in [4.78, 5) is 27.2. The molecule has 0 unspecified atom stereocenters. The average Bonchev–Trinajstić information content (AvgIpc) is 3.46. The number of nitrogens with one attached hydrogen (secondary N) is 1. The van der Waals surface area contributed by atoms with Gasteiger partial charge in [-0.05, 0) is 60.6 Å². The first-order valence-corrected chi connectivity index (χ1v) is 17.9. The molecule has 1 aliphatic rings. The zero-order chi connectivity index (χ0) is 35.4.